The molecule has 0 spiro atoms. The smallest absolute Gasteiger partial charge is 0.256 e. The van der Waals surface area contributed by atoms with Crippen LogP contribution in [-0.2, 0) is 4.79 Å². The van der Waals surface area contributed by atoms with E-state index in [1.54, 1.807) is 30.3 Å². The first-order valence-electron chi connectivity index (χ1n) is 9.29. The third kappa shape index (κ3) is 4.74. The van der Waals surface area contributed by atoms with E-state index >= 15 is 0 Å². The van der Waals surface area contributed by atoms with Gasteiger partial charge < -0.3 is 10.6 Å². The van der Waals surface area contributed by atoms with Crippen LogP contribution in [0.25, 0.3) is 10.2 Å². The number of carbonyl (C=O) groups excluding carboxylic acids is 2. The molecular formula is C23H16N4O2S2. The summed E-state index contributed by atoms with van der Waals surface area (Å²) in [7, 11) is 0. The lowest BCUT2D eigenvalue weighted by Crippen LogP contribution is -2.12. The quantitative estimate of drug-likeness (QED) is 0.422. The summed E-state index contributed by atoms with van der Waals surface area (Å²) < 4.78 is 0.854. The number of nitrogens with one attached hydrogen (secondary N) is 2. The molecule has 0 unspecified atom stereocenters. The number of hydrogen-bond donors (Lipinski definition) is 2. The van der Waals surface area contributed by atoms with Crippen molar-refractivity contribution in [3.8, 4) is 6.07 Å². The van der Waals surface area contributed by atoms with Crippen LogP contribution in [-0.4, -0.2) is 16.8 Å². The molecule has 0 saturated heterocycles. The molecule has 1 heterocycles. The number of rotatable bonds is 5. The standard InChI is InChI=1S/C23H16N4O2S2/c1-14(28)25-23-27-18-11-10-16(12-21(18)31-23)26-22(29)17-7-3-5-9-20(17)30-19-8-4-2-6-15(19)13-24/h2-12H,1H3,(H,26,29)(H,25,27,28). The second-order valence-electron chi connectivity index (χ2n) is 6.54. The van der Waals surface area contributed by atoms with Crippen molar-refractivity contribution >= 4 is 55.9 Å². The molecule has 6 nitrogen and oxygen atoms in total. The molecule has 3 aromatic carbocycles. The number of benzene rings is 3. The van der Waals surface area contributed by atoms with E-state index in [9.17, 15) is 14.9 Å². The predicted molar refractivity (Wildman–Crippen MR) is 124 cm³/mol. The van der Waals surface area contributed by atoms with E-state index in [4.69, 9.17) is 0 Å². The van der Waals surface area contributed by atoms with Crippen molar-refractivity contribution in [2.75, 3.05) is 10.6 Å². The molecule has 2 amide bonds. The normalized spacial score (nSPS) is 10.5. The Balaban J connectivity index is 1.58. The van der Waals surface area contributed by atoms with Crippen molar-refractivity contribution in [1.29, 1.82) is 5.26 Å². The lowest BCUT2D eigenvalue weighted by atomic mass is 10.2. The number of nitrogens with zero attached hydrogens (tertiary/aromatic N) is 2. The summed E-state index contributed by atoms with van der Waals surface area (Å²) in [6, 6.07) is 22.2. The van der Waals surface area contributed by atoms with Gasteiger partial charge in [-0.05, 0) is 42.5 Å². The van der Waals surface area contributed by atoms with Crippen LogP contribution in [0.4, 0.5) is 10.8 Å². The van der Waals surface area contributed by atoms with Crippen molar-refractivity contribution in [1.82, 2.24) is 4.98 Å². The van der Waals surface area contributed by atoms with Gasteiger partial charge in [-0.1, -0.05) is 47.4 Å². The van der Waals surface area contributed by atoms with Gasteiger partial charge in [0.1, 0.15) is 6.07 Å². The van der Waals surface area contributed by atoms with Gasteiger partial charge in [-0.3, -0.25) is 9.59 Å². The molecule has 1 aromatic heterocycles. The van der Waals surface area contributed by atoms with Crippen molar-refractivity contribution < 1.29 is 9.59 Å². The van der Waals surface area contributed by atoms with Crippen molar-refractivity contribution in [3.05, 3.63) is 77.9 Å². The summed E-state index contributed by atoms with van der Waals surface area (Å²) in [6.07, 6.45) is 0. The van der Waals surface area contributed by atoms with Crippen LogP contribution >= 0.6 is 23.1 Å². The highest BCUT2D eigenvalue weighted by Crippen LogP contribution is 2.33. The number of nitriles is 1. The van der Waals surface area contributed by atoms with Crippen molar-refractivity contribution in [2.24, 2.45) is 0 Å². The van der Waals surface area contributed by atoms with Gasteiger partial charge in [-0.2, -0.15) is 5.26 Å². The monoisotopic (exact) mass is 444 g/mol. The lowest BCUT2D eigenvalue weighted by Gasteiger charge is -2.10. The van der Waals surface area contributed by atoms with Gasteiger partial charge in [0.2, 0.25) is 5.91 Å². The second kappa shape index (κ2) is 9.00. The molecule has 0 atom stereocenters. The summed E-state index contributed by atoms with van der Waals surface area (Å²) in [5, 5.41) is 15.5. The number of thiazole rings is 1. The minimum Gasteiger partial charge on any atom is -0.322 e. The lowest BCUT2D eigenvalue weighted by molar-refractivity contribution is -0.114. The number of anilines is 2. The first kappa shape index (κ1) is 20.6. The Hall–Kier alpha value is -3.67. The van der Waals surface area contributed by atoms with Crippen LogP contribution in [0.5, 0.6) is 0 Å². The van der Waals surface area contributed by atoms with Gasteiger partial charge >= 0.3 is 0 Å². The van der Waals surface area contributed by atoms with E-state index in [2.05, 4.69) is 21.7 Å². The molecule has 8 heteroatoms. The van der Waals surface area contributed by atoms with Crippen molar-refractivity contribution in [2.45, 2.75) is 16.7 Å². The van der Waals surface area contributed by atoms with E-state index < -0.39 is 0 Å². The van der Waals surface area contributed by atoms with Crippen molar-refractivity contribution in [3.63, 3.8) is 0 Å². The Kier molecular flexibility index (Phi) is 5.98. The highest BCUT2D eigenvalue weighted by molar-refractivity contribution is 7.99. The zero-order valence-corrected chi connectivity index (χ0v) is 18.0. The number of amides is 2. The Morgan fingerprint density at radius 2 is 1.74 bits per heavy atom. The number of fused-ring (bicyclic) bond motifs is 1. The number of carbonyl (C=O) groups is 2. The molecule has 152 valence electrons. The molecule has 0 fully saturated rings. The molecule has 0 aliphatic carbocycles. The van der Waals surface area contributed by atoms with E-state index in [0.717, 1.165) is 20.0 Å². The molecule has 0 aliphatic heterocycles. The predicted octanol–water partition coefficient (Wildman–Crippen LogP) is 5.53. The highest BCUT2D eigenvalue weighted by Gasteiger charge is 2.14. The third-order valence-electron chi connectivity index (χ3n) is 4.29. The first-order valence-corrected chi connectivity index (χ1v) is 10.9. The van der Waals surface area contributed by atoms with Gasteiger partial charge in [0.05, 0.1) is 21.3 Å². The van der Waals surface area contributed by atoms with E-state index in [0.29, 0.717) is 21.9 Å². The van der Waals surface area contributed by atoms with E-state index in [-0.39, 0.29) is 11.8 Å². The minimum absolute atomic E-state index is 0.181. The first-order chi connectivity index (χ1) is 15.0. The maximum atomic E-state index is 13.0. The summed E-state index contributed by atoms with van der Waals surface area (Å²) in [4.78, 5) is 30.2. The fourth-order valence-corrected chi connectivity index (χ4v) is 4.89. The van der Waals surface area contributed by atoms with Crippen LogP contribution in [0.3, 0.4) is 0 Å². The molecule has 2 N–H and O–H groups in total. The largest absolute Gasteiger partial charge is 0.322 e. The van der Waals surface area contributed by atoms with Gasteiger partial charge in [0.25, 0.3) is 5.91 Å². The summed E-state index contributed by atoms with van der Waals surface area (Å²) in [5.74, 6) is -0.428. The third-order valence-corrected chi connectivity index (χ3v) is 6.37. The van der Waals surface area contributed by atoms with Gasteiger partial charge in [0.15, 0.2) is 5.13 Å². The van der Waals surface area contributed by atoms with E-state index in [1.807, 2.05) is 36.4 Å². The minimum atomic E-state index is -0.247. The second-order valence-corrected chi connectivity index (χ2v) is 8.66. The fourth-order valence-electron chi connectivity index (χ4n) is 2.91. The van der Waals surface area contributed by atoms with Crippen LogP contribution in [0.1, 0.15) is 22.8 Å². The molecule has 0 aliphatic rings. The molecule has 4 aromatic rings. The maximum Gasteiger partial charge on any atom is 0.256 e. The summed E-state index contributed by atoms with van der Waals surface area (Å²) >= 11 is 2.73. The van der Waals surface area contributed by atoms with Crippen LogP contribution in [0, 0.1) is 11.3 Å². The average Bonchev–Trinajstić information content (AvgIpc) is 3.15. The molecule has 0 radical (unpaired) electrons. The molecular weight excluding hydrogens is 428 g/mol. The maximum absolute atomic E-state index is 13.0. The highest BCUT2D eigenvalue weighted by atomic mass is 32.2. The van der Waals surface area contributed by atoms with Crippen LogP contribution in [0.2, 0.25) is 0 Å². The topological polar surface area (TPSA) is 94.9 Å². The fraction of sp³-hybridized carbons (Fsp3) is 0.0435. The number of hydrogen-bond acceptors (Lipinski definition) is 6. The average molecular weight is 445 g/mol. The van der Waals surface area contributed by atoms with Gasteiger partial charge in [-0.15, -0.1) is 0 Å². The Bertz CT molecular complexity index is 1340. The van der Waals surface area contributed by atoms with Gasteiger partial charge in [0, 0.05) is 22.4 Å². The summed E-state index contributed by atoms with van der Waals surface area (Å²) in [6.45, 7) is 1.43. The van der Waals surface area contributed by atoms with Crippen LogP contribution in [0.15, 0.2) is 76.5 Å². The molecule has 4 rings (SSSR count). The Morgan fingerprint density at radius 3 is 2.52 bits per heavy atom. The number of aromatic nitrogens is 1. The van der Waals surface area contributed by atoms with Crippen LogP contribution < -0.4 is 10.6 Å². The molecule has 31 heavy (non-hydrogen) atoms. The SMILES string of the molecule is CC(=O)Nc1nc2ccc(NC(=O)c3ccccc3Sc3ccccc3C#N)cc2s1. The Labute approximate surface area is 186 Å². The van der Waals surface area contributed by atoms with Gasteiger partial charge in [-0.25, -0.2) is 4.98 Å². The Morgan fingerprint density at radius 1 is 1.00 bits per heavy atom. The zero-order chi connectivity index (χ0) is 21.8. The molecule has 0 saturated carbocycles. The van der Waals surface area contributed by atoms with E-state index in [1.165, 1.54) is 30.0 Å². The summed E-state index contributed by atoms with van der Waals surface area (Å²) in [5.41, 5.74) is 2.46. The molecule has 0 bridgehead atoms. The zero-order valence-electron chi connectivity index (χ0n) is 16.4.